The molecule has 2 heterocycles. The van der Waals surface area contributed by atoms with E-state index in [1.807, 2.05) is 41.9 Å². The lowest BCUT2D eigenvalue weighted by molar-refractivity contribution is -0.128. The number of benzene rings is 2. The maximum Gasteiger partial charge on any atom is 0.268 e. The van der Waals surface area contributed by atoms with Crippen molar-refractivity contribution in [1.82, 2.24) is 14.8 Å². The van der Waals surface area contributed by atoms with E-state index in [0.29, 0.717) is 18.8 Å². The van der Waals surface area contributed by atoms with Gasteiger partial charge >= 0.3 is 0 Å². The van der Waals surface area contributed by atoms with Crippen LogP contribution in [0.4, 0.5) is 4.39 Å². The van der Waals surface area contributed by atoms with Gasteiger partial charge in [-0.15, -0.1) is 0 Å². The Balaban J connectivity index is 1.44. The molecule has 0 unspecified atom stereocenters. The molecule has 0 bridgehead atoms. The van der Waals surface area contributed by atoms with Crippen LogP contribution < -0.4 is 5.32 Å². The third kappa shape index (κ3) is 3.43. The molecule has 2 amide bonds. The van der Waals surface area contributed by atoms with Crippen molar-refractivity contribution in [3.63, 3.8) is 0 Å². The number of hydrogen-bond acceptors (Lipinski definition) is 2. The molecule has 1 fully saturated rings. The van der Waals surface area contributed by atoms with Gasteiger partial charge in [-0.1, -0.05) is 30.3 Å². The first kappa shape index (κ1) is 17.3. The van der Waals surface area contributed by atoms with E-state index in [1.165, 1.54) is 12.1 Å². The number of rotatable bonds is 4. The van der Waals surface area contributed by atoms with Crippen LogP contribution in [0.1, 0.15) is 22.5 Å². The number of nitrogens with one attached hydrogen (secondary N) is 1. The molecule has 138 valence electrons. The highest BCUT2D eigenvalue weighted by Crippen LogP contribution is 2.20. The number of para-hydroxylation sites is 1. The van der Waals surface area contributed by atoms with Gasteiger partial charge in [0.2, 0.25) is 5.91 Å². The third-order valence-electron chi connectivity index (χ3n) is 5.00. The molecule has 6 heteroatoms. The fourth-order valence-corrected chi connectivity index (χ4v) is 3.64. The number of fused-ring (bicyclic) bond motifs is 1. The van der Waals surface area contributed by atoms with Gasteiger partial charge in [-0.25, -0.2) is 4.39 Å². The summed E-state index contributed by atoms with van der Waals surface area (Å²) in [6.45, 7) is 0.766. The van der Waals surface area contributed by atoms with E-state index in [0.717, 1.165) is 16.5 Å². The number of carbonyl (C=O) groups is 2. The lowest BCUT2D eigenvalue weighted by atomic mass is 10.2. The average molecular weight is 365 g/mol. The molecule has 0 radical (unpaired) electrons. The van der Waals surface area contributed by atoms with Crippen LogP contribution in [0.2, 0.25) is 0 Å². The lowest BCUT2D eigenvalue weighted by Gasteiger charge is -2.17. The number of aryl methyl sites for hydroxylation is 1. The fourth-order valence-electron chi connectivity index (χ4n) is 3.64. The van der Waals surface area contributed by atoms with Crippen molar-refractivity contribution in [1.29, 1.82) is 0 Å². The second kappa shape index (κ2) is 6.87. The molecule has 3 aromatic rings. The van der Waals surface area contributed by atoms with E-state index in [9.17, 15) is 14.0 Å². The largest absolute Gasteiger partial charge is 0.346 e. The Kier molecular flexibility index (Phi) is 4.39. The highest BCUT2D eigenvalue weighted by molar-refractivity contribution is 5.99. The molecule has 1 aliphatic heterocycles. The second-order valence-electron chi connectivity index (χ2n) is 6.93. The topological polar surface area (TPSA) is 54.3 Å². The molecule has 5 nitrogen and oxygen atoms in total. The summed E-state index contributed by atoms with van der Waals surface area (Å²) in [6.07, 6.45) is 0.255. The van der Waals surface area contributed by atoms with E-state index in [1.54, 1.807) is 17.0 Å². The Bertz CT molecular complexity index is 1030. The van der Waals surface area contributed by atoms with E-state index in [4.69, 9.17) is 0 Å². The molecule has 0 spiro atoms. The van der Waals surface area contributed by atoms with Gasteiger partial charge in [0.05, 0.1) is 6.04 Å². The first-order valence-electron chi connectivity index (χ1n) is 8.89. The number of aromatic nitrogens is 1. The number of nitrogens with zero attached hydrogens (tertiary/aromatic N) is 2. The second-order valence-corrected chi connectivity index (χ2v) is 6.93. The number of amides is 2. The van der Waals surface area contributed by atoms with Crippen LogP contribution in [0.25, 0.3) is 10.9 Å². The van der Waals surface area contributed by atoms with E-state index < -0.39 is 0 Å². The molecule has 4 rings (SSSR count). The number of likely N-dealkylation sites (tertiary alicyclic amines) is 1. The standard InChI is InChI=1S/C21H20FN3O2/c1-24-18-8-3-2-6-15(18)10-19(24)21(27)23-17-11-20(26)25(13-17)12-14-5-4-7-16(22)9-14/h2-10,17H,11-13H2,1H3,(H,23,27)/t17-/m0/s1. The zero-order valence-electron chi connectivity index (χ0n) is 15.0. The van der Waals surface area contributed by atoms with Crippen molar-refractivity contribution in [2.45, 2.75) is 19.0 Å². The van der Waals surface area contributed by atoms with Crippen LogP contribution in [0.15, 0.2) is 54.6 Å². The Morgan fingerprint density at radius 3 is 2.78 bits per heavy atom. The fraction of sp³-hybridized carbons (Fsp3) is 0.238. The molecule has 1 N–H and O–H groups in total. The molecule has 27 heavy (non-hydrogen) atoms. The summed E-state index contributed by atoms with van der Waals surface area (Å²) in [6, 6.07) is 15.6. The van der Waals surface area contributed by atoms with Gasteiger partial charge < -0.3 is 14.8 Å². The first-order chi connectivity index (χ1) is 13.0. The minimum atomic E-state index is -0.320. The third-order valence-corrected chi connectivity index (χ3v) is 5.00. The summed E-state index contributed by atoms with van der Waals surface area (Å²) in [5.41, 5.74) is 2.29. The molecule has 1 aliphatic rings. The number of carbonyl (C=O) groups excluding carboxylic acids is 2. The van der Waals surface area contributed by atoms with Gasteiger partial charge in [0, 0.05) is 37.5 Å². The van der Waals surface area contributed by atoms with Crippen molar-refractivity contribution >= 4 is 22.7 Å². The summed E-state index contributed by atoms with van der Waals surface area (Å²) in [7, 11) is 1.85. The van der Waals surface area contributed by atoms with Gasteiger partial charge in [-0.05, 0) is 29.8 Å². The highest BCUT2D eigenvalue weighted by atomic mass is 19.1. The minimum absolute atomic E-state index is 0.0402. The van der Waals surface area contributed by atoms with Crippen LogP contribution in [0, 0.1) is 5.82 Å². The van der Waals surface area contributed by atoms with Gasteiger partial charge in [-0.2, -0.15) is 0 Å². The van der Waals surface area contributed by atoms with Crippen LogP contribution in [0.3, 0.4) is 0 Å². The summed E-state index contributed by atoms with van der Waals surface area (Å²) in [4.78, 5) is 26.6. The number of halogens is 1. The van der Waals surface area contributed by atoms with Crippen molar-refractivity contribution in [2.75, 3.05) is 6.54 Å². The van der Waals surface area contributed by atoms with E-state index in [-0.39, 0.29) is 30.1 Å². The van der Waals surface area contributed by atoms with E-state index in [2.05, 4.69) is 5.32 Å². The van der Waals surface area contributed by atoms with Crippen LogP contribution >= 0.6 is 0 Å². The van der Waals surface area contributed by atoms with Gasteiger partial charge in [0.1, 0.15) is 11.5 Å². The zero-order valence-corrected chi connectivity index (χ0v) is 15.0. The normalized spacial score (nSPS) is 16.9. The molecule has 1 aromatic heterocycles. The van der Waals surface area contributed by atoms with Crippen molar-refractivity contribution in [2.24, 2.45) is 7.05 Å². The molecular formula is C21H20FN3O2. The van der Waals surface area contributed by atoms with E-state index >= 15 is 0 Å². The molecule has 2 aromatic carbocycles. The summed E-state index contributed by atoms with van der Waals surface area (Å²) in [5.74, 6) is -0.555. The summed E-state index contributed by atoms with van der Waals surface area (Å²) < 4.78 is 15.2. The molecular weight excluding hydrogens is 345 g/mol. The Labute approximate surface area is 156 Å². The molecule has 0 aliphatic carbocycles. The smallest absolute Gasteiger partial charge is 0.268 e. The van der Waals surface area contributed by atoms with Crippen LogP contribution in [-0.4, -0.2) is 33.9 Å². The summed E-state index contributed by atoms with van der Waals surface area (Å²) >= 11 is 0. The molecule has 0 saturated carbocycles. The first-order valence-corrected chi connectivity index (χ1v) is 8.89. The highest BCUT2D eigenvalue weighted by Gasteiger charge is 2.31. The quantitative estimate of drug-likeness (QED) is 0.773. The van der Waals surface area contributed by atoms with Gasteiger partial charge in [0.15, 0.2) is 0 Å². The van der Waals surface area contributed by atoms with Crippen molar-refractivity contribution in [3.8, 4) is 0 Å². The molecule has 1 atom stereocenters. The number of hydrogen-bond donors (Lipinski definition) is 1. The Hall–Kier alpha value is -3.15. The summed E-state index contributed by atoms with van der Waals surface area (Å²) in [5, 5.41) is 3.96. The average Bonchev–Trinajstić information content (AvgIpc) is 3.15. The predicted octanol–water partition coefficient (Wildman–Crippen LogP) is 2.85. The Morgan fingerprint density at radius 2 is 2.00 bits per heavy atom. The van der Waals surface area contributed by atoms with Crippen molar-refractivity contribution < 1.29 is 14.0 Å². The van der Waals surface area contributed by atoms with Gasteiger partial charge in [0.25, 0.3) is 5.91 Å². The maximum atomic E-state index is 13.3. The maximum absolute atomic E-state index is 13.3. The van der Waals surface area contributed by atoms with Crippen LogP contribution in [-0.2, 0) is 18.4 Å². The van der Waals surface area contributed by atoms with Gasteiger partial charge in [-0.3, -0.25) is 9.59 Å². The molecule has 1 saturated heterocycles. The van der Waals surface area contributed by atoms with Crippen LogP contribution in [0.5, 0.6) is 0 Å². The lowest BCUT2D eigenvalue weighted by Crippen LogP contribution is -2.37. The zero-order chi connectivity index (χ0) is 19.0. The SMILES string of the molecule is Cn1c(C(=O)N[C@H]2CC(=O)N(Cc3cccc(F)c3)C2)cc2ccccc21. The monoisotopic (exact) mass is 365 g/mol. The minimum Gasteiger partial charge on any atom is -0.346 e. The predicted molar refractivity (Wildman–Crippen MR) is 101 cm³/mol. The van der Waals surface area contributed by atoms with Crippen molar-refractivity contribution in [3.05, 3.63) is 71.7 Å². The Morgan fingerprint density at radius 1 is 1.19 bits per heavy atom.